The van der Waals surface area contributed by atoms with Crippen molar-refractivity contribution in [3.05, 3.63) is 0 Å². The maximum absolute atomic E-state index is 11.6. The van der Waals surface area contributed by atoms with Gasteiger partial charge in [-0.15, -0.1) is 0 Å². The molecule has 0 bridgehead atoms. The summed E-state index contributed by atoms with van der Waals surface area (Å²) in [5, 5.41) is 8.73. The van der Waals surface area contributed by atoms with Gasteiger partial charge in [0.1, 0.15) is 5.60 Å². The summed E-state index contributed by atoms with van der Waals surface area (Å²) in [6.07, 6.45) is 2.44. The van der Waals surface area contributed by atoms with Crippen LogP contribution in [-0.2, 0) is 4.74 Å². The largest absolute Gasteiger partial charge is 0.444 e. The molecule has 1 fully saturated rings. The second kappa shape index (κ2) is 7.33. The number of ether oxygens (including phenoxy) is 1. The summed E-state index contributed by atoms with van der Waals surface area (Å²) in [6.45, 7) is 6.72. The number of amides is 3. The lowest BCUT2D eigenvalue weighted by Gasteiger charge is -2.21. The molecule has 1 saturated carbocycles. The van der Waals surface area contributed by atoms with Crippen LogP contribution in [0.15, 0.2) is 0 Å². The van der Waals surface area contributed by atoms with Crippen LogP contribution < -0.4 is 21.7 Å². The highest BCUT2D eigenvalue weighted by Gasteiger charge is 2.27. The van der Waals surface area contributed by atoms with Gasteiger partial charge in [-0.25, -0.2) is 9.59 Å². The fourth-order valence-electron chi connectivity index (χ4n) is 2.23. The monoisotopic (exact) mass is 286 g/mol. The maximum atomic E-state index is 11.6. The van der Waals surface area contributed by atoms with Crippen LogP contribution >= 0.6 is 0 Å². The second-order valence-electron chi connectivity index (χ2n) is 6.10. The summed E-state index contributed by atoms with van der Waals surface area (Å²) in [5.74, 6) is 0. The van der Waals surface area contributed by atoms with E-state index in [2.05, 4.69) is 16.0 Å². The lowest BCUT2D eigenvalue weighted by molar-refractivity contribution is 0.0505. The van der Waals surface area contributed by atoms with Crippen molar-refractivity contribution in [2.75, 3.05) is 13.1 Å². The van der Waals surface area contributed by atoms with E-state index >= 15 is 0 Å². The molecule has 0 saturated heterocycles. The molecule has 0 radical (unpaired) electrons. The van der Waals surface area contributed by atoms with Crippen molar-refractivity contribution >= 4 is 12.1 Å². The highest BCUT2D eigenvalue weighted by molar-refractivity contribution is 5.71. The molecule has 1 aliphatic rings. The zero-order valence-corrected chi connectivity index (χ0v) is 12.5. The normalized spacial score (nSPS) is 22.4. The third kappa shape index (κ3) is 7.18. The topological polar surface area (TPSA) is 105 Å². The van der Waals surface area contributed by atoms with Crippen LogP contribution in [0.25, 0.3) is 0 Å². The van der Waals surface area contributed by atoms with Crippen LogP contribution in [0.3, 0.4) is 0 Å². The van der Waals surface area contributed by atoms with Crippen LogP contribution in [0.5, 0.6) is 0 Å². The Labute approximate surface area is 120 Å². The summed E-state index contributed by atoms with van der Waals surface area (Å²) in [7, 11) is 0. The molecule has 1 aliphatic carbocycles. The van der Waals surface area contributed by atoms with Crippen molar-refractivity contribution in [2.24, 2.45) is 5.73 Å². The van der Waals surface area contributed by atoms with Crippen LogP contribution in [0.2, 0.25) is 0 Å². The molecule has 3 amide bonds. The number of hydrogen-bond acceptors (Lipinski definition) is 4. The lowest BCUT2D eigenvalue weighted by Crippen LogP contribution is -2.40. The van der Waals surface area contributed by atoms with E-state index in [1.165, 1.54) is 0 Å². The van der Waals surface area contributed by atoms with E-state index in [4.69, 9.17) is 10.5 Å². The third-order valence-corrected chi connectivity index (χ3v) is 3.01. The molecule has 0 aromatic rings. The number of urea groups is 1. The average molecular weight is 286 g/mol. The number of nitrogens with two attached hydrogens (primary N) is 1. The van der Waals surface area contributed by atoms with Crippen molar-refractivity contribution in [3.8, 4) is 0 Å². The van der Waals surface area contributed by atoms with Gasteiger partial charge in [0.2, 0.25) is 0 Å². The molecule has 116 valence electrons. The third-order valence-electron chi connectivity index (χ3n) is 3.01. The Kier molecular flexibility index (Phi) is 6.06. The predicted octanol–water partition coefficient (Wildman–Crippen LogP) is 0.690. The minimum absolute atomic E-state index is 0.145. The smallest absolute Gasteiger partial charge is 0.407 e. The van der Waals surface area contributed by atoms with Crippen LogP contribution in [-0.4, -0.2) is 42.9 Å². The molecule has 0 spiro atoms. The molecule has 1 rings (SSSR count). The lowest BCUT2D eigenvalue weighted by atomic mass is 10.2. The number of carbonyl (C=O) groups is 2. The van der Waals surface area contributed by atoms with Crippen molar-refractivity contribution in [1.29, 1.82) is 0 Å². The van der Waals surface area contributed by atoms with Crippen molar-refractivity contribution < 1.29 is 14.3 Å². The molecule has 5 N–H and O–H groups in total. The Morgan fingerprint density at radius 3 is 2.45 bits per heavy atom. The summed E-state index contributed by atoms with van der Waals surface area (Å²) in [5.41, 5.74) is 4.50. The van der Waals surface area contributed by atoms with Gasteiger partial charge in [0, 0.05) is 25.2 Å². The van der Waals surface area contributed by atoms with Crippen molar-refractivity contribution in [2.45, 2.75) is 57.7 Å². The fourth-order valence-corrected chi connectivity index (χ4v) is 2.23. The number of primary amides is 1. The van der Waals surface area contributed by atoms with E-state index in [1.54, 1.807) is 0 Å². The van der Waals surface area contributed by atoms with E-state index in [-0.39, 0.29) is 12.1 Å². The van der Waals surface area contributed by atoms with Gasteiger partial charge in [-0.05, 0) is 40.0 Å². The highest BCUT2D eigenvalue weighted by atomic mass is 16.6. The van der Waals surface area contributed by atoms with E-state index in [0.29, 0.717) is 19.1 Å². The zero-order chi connectivity index (χ0) is 15.2. The minimum Gasteiger partial charge on any atom is -0.444 e. The Morgan fingerprint density at radius 1 is 1.20 bits per heavy atom. The predicted molar refractivity (Wildman–Crippen MR) is 76.4 cm³/mol. The van der Waals surface area contributed by atoms with Gasteiger partial charge in [0.25, 0.3) is 0 Å². The van der Waals surface area contributed by atoms with E-state index in [0.717, 1.165) is 19.3 Å². The maximum Gasteiger partial charge on any atom is 0.407 e. The zero-order valence-electron chi connectivity index (χ0n) is 12.5. The Morgan fingerprint density at radius 2 is 1.85 bits per heavy atom. The van der Waals surface area contributed by atoms with E-state index < -0.39 is 11.6 Å². The number of alkyl carbamates (subject to hydrolysis) is 1. The van der Waals surface area contributed by atoms with Gasteiger partial charge in [0.15, 0.2) is 0 Å². The van der Waals surface area contributed by atoms with Crippen molar-refractivity contribution in [3.63, 3.8) is 0 Å². The van der Waals surface area contributed by atoms with E-state index in [9.17, 15) is 9.59 Å². The molecule has 0 aliphatic heterocycles. The molecular formula is C13H26N4O3. The van der Waals surface area contributed by atoms with E-state index in [1.807, 2.05) is 20.8 Å². The first kappa shape index (κ1) is 16.6. The van der Waals surface area contributed by atoms with Gasteiger partial charge in [0.05, 0.1) is 0 Å². The first-order chi connectivity index (χ1) is 9.26. The highest BCUT2D eigenvalue weighted by Crippen LogP contribution is 2.19. The molecule has 2 atom stereocenters. The molecule has 7 heteroatoms. The van der Waals surface area contributed by atoms with Gasteiger partial charge in [-0.3, -0.25) is 0 Å². The average Bonchev–Trinajstić information content (AvgIpc) is 2.69. The van der Waals surface area contributed by atoms with Crippen molar-refractivity contribution in [1.82, 2.24) is 16.0 Å². The van der Waals surface area contributed by atoms with Crippen LogP contribution in [0.1, 0.15) is 40.0 Å². The van der Waals surface area contributed by atoms with Gasteiger partial charge in [-0.1, -0.05) is 0 Å². The minimum atomic E-state index is -0.511. The van der Waals surface area contributed by atoms with Gasteiger partial charge < -0.3 is 26.4 Å². The van der Waals surface area contributed by atoms with Crippen LogP contribution in [0, 0.1) is 0 Å². The molecule has 7 nitrogen and oxygen atoms in total. The Balaban J connectivity index is 2.16. The number of hydrogen-bond donors (Lipinski definition) is 4. The molecular weight excluding hydrogens is 260 g/mol. The number of nitrogens with one attached hydrogen (secondary N) is 3. The summed E-state index contributed by atoms with van der Waals surface area (Å²) in [4.78, 5) is 22.1. The molecule has 0 heterocycles. The number of carbonyl (C=O) groups excluding carboxylic acids is 2. The Hall–Kier alpha value is -1.50. The molecule has 0 aromatic carbocycles. The van der Waals surface area contributed by atoms with Crippen LogP contribution in [0.4, 0.5) is 9.59 Å². The number of rotatable bonds is 5. The molecule has 20 heavy (non-hydrogen) atoms. The molecule has 2 unspecified atom stereocenters. The van der Waals surface area contributed by atoms with Gasteiger partial charge in [-0.2, -0.15) is 0 Å². The quantitative estimate of drug-likeness (QED) is 0.558. The summed E-state index contributed by atoms with van der Waals surface area (Å²) >= 11 is 0. The fraction of sp³-hybridized carbons (Fsp3) is 0.846. The Bertz CT molecular complexity index is 341. The first-order valence-electron chi connectivity index (χ1n) is 7.02. The summed E-state index contributed by atoms with van der Waals surface area (Å²) in [6, 6.07) is -0.0150. The molecule has 0 aromatic heterocycles. The standard InChI is InChI=1S/C13H26N4O3/c1-13(2,3)20-12(19)17-10-5-4-9(8-10)15-6-7-16-11(14)18/h9-10,15H,4-8H2,1-3H3,(H,17,19)(H3,14,16,18). The summed E-state index contributed by atoms with van der Waals surface area (Å²) < 4.78 is 5.23. The second-order valence-corrected chi connectivity index (χ2v) is 6.10. The van der Waals surface area contributed by atoms with Gasteiger partial charge >= 0.3 is 12.1 Å². The SMILES string of the molecule is CC(C)(C)OC(=O)NC1CCC(NCCNC(N)=O)C1. The first-order valence-corrected chi connectivity index (χ1v) is 7.02.